The van der Waals surface area contributed by atoms with Gasteiger partial charge in [-0.2, -0.15) is 0 Å². The second kappa shape index (κ2) is 9.39. The van der Waals surface area contributed by atoms with Crippen molar-refractivity contribution >= 4 is 33.5 Å². The highest BCUT2D eigenvalue weighted by Gasteiger charge is 2.05. The highest BCUT2D eigenvalue weighted by molar-refractivity contribution is 9.10. The quantitative estimate of drug-likeness (QED) is 0.543. The largest absolute Gasteiger partial charge is 0.356 e. The van der Waals surface area contributed by atoms with Crippen LogP contribution in [0, 0.1) is 0 Å². The molecule has 0 saturated carbocycles. The van der Waals surface area contributed by atoms with Crippen molar-refractivity contribution in [1.82, 2.24) is 10.6 Å². The molecule has 0 bridgehead atoms. The Morgan fingerprint density at radius 1 is 1.33 bits per heavy atom. The monoisotopic (exact) mass is 354 g/mol. The van der Waals surface area contributed by atoms with Gasteiger partial charge in [0.15, 0.2) is 5.96 Å². The van der Waals surface area contributed by atoms with Crippen LogP contribution >= 0.6 is 15.9 Å². The fourth-order valence-corrected chi connectivity index (χ4v) is 1.85. The van der Waals surface area contributed by atoms with E-state index in [1.807, 2.05) is 24.3 Å². The van der Waals surface area contributed by atoms with E-state index in [4.69, 9.17) is 0 Å². The molecule has 5 nitrogen and oxygen atoms in total. The zero-order valence-electron chi connectivity index (χ0n) is 12.7. The second-order valence-electron chi connectivity index (χ2n) is 4.76. The molecule has 0 aliphatic heterocycles. The average molecular weight is 355 g/mol. The van der Waals surface area contributed by atoms with Crippen molar-refractivity contribution < 1.29 is 4.79 Å². The van der Waals surface area contributed by atoms with E-state index in [0.717, 1.165) is 22.5 Å². The average Bonchev–Trinajstić information content (AvgIpc) is 2.48. The molecule has 0 spiro atoms. The number of rotatable bonds is 6. The number of halogens is 1. The van der Waals surface area contributed by atoms with Gasteiger partial charge in [-0.3, -0.25) is 9.79 Å². The Labute approximate surface area is 134 Å². The third kappa shape index (κ3) is 7.13. The Hall–Kier alpha value is -1.56. The molecule has 1 unspecified atom stereocenters. The lowest BCUT2D eigenvalue weighted by Crippen LogP contribution is -2.42. The minimum Gasteiger partial charge on any atom is -0.356 e. The number of hydrogen-bond donors (Lipinski definition) is 3. The fourth-order valence-electron chi connectivity index (χ4n) is 1.58. The van der Waals surface area contributed by atoms with Crippen LogP contribution in [0.2, 0.25) is 0 Å². The van der Waals surface area contributed by atoms with Crippen LogP contribution in [0.25, 0.3) is 0 Å². The van der Waals surface area contributed by atoms with E-state index >= 15 is 0 Å². The minimum atomic E-state index is -0.0242. The van der Waals surface area contributed by atoms with Gasteiger partial charge in [0, 0.05) is 36.2 Å². The standard InChI is InChI=1S/C15H23BrN4O/c1-4-11(2)19-15(17-3)18-10-9-14(21)20-13-7-5-12(16)6-8-13/h5-8,11H,4,9-10H2,1-3H3,(H,20,21)(H2,17,18,19). The third-order valence-corrected chi connectivity index (χ3v) is 3.52. The summed E-state index contributed by atoms with van der Waals surface area (Å²) in [7, 11) is 1.72. The lowest BCUT2D eigenvalue weighted by Gasteiger charge is -2.16. The van der Waals surface area contributed by atoms with Gasteiger partial charge in [0.05, 0.1) is 0 Å². The highest BCUT2D eigenvalue weighted by atomic mass is 79.9. The van der Waals surface area contributed by atoms with E-state index in [0.29, 0.717) is 19.0 Å². The number of carbonyl (C=O) groups is 1. The van der Waals surface area contributed by atoms with Crippen molar-refractivity contribution in [3.8, 4) is 0 Å². The summed E-state index contributed by atoms with van der Waals surface area (Å²) >= 11 is 3.36. The van der Waals surface area contributed by atoms with Crippen molar-refractivity contribution in [3.05, 3.63) is 28.7 Å². The van der Waals surface area contributed by atoms with Crippen LogP contribution < -0.4 is 16.0 Å². The van der Waals surface area contributed by atoms with Gasteiger partial charge < -0.3 is 16.0 Å². The van der Waals surface area contributed by atoms with E-state index in [-0.39, 0.29) is 5.91 Å². The summed E-state index contributed by atoms with van der Waals surface area (Å²) in [4.78, 5) is 15.9. The summed E-state index contributed by atoms with van der Waals surface area (Å²) in [5.74, 6) is 0.699. The van der Waals surface area contributed by atoms with Crippen molar-refractivity contribution in [3.63, 3.8) is 0 Å². The molecule has 0 aromatic heterocycles. The normalized spacial score (nSPS) is 12.7. The van der Waals surface area contributed by atoms with E-state index in [1.165, 1.54) is 0 Å². The molecule has 0 heterocycles. The van der Waals surface area contributed by atoms with E-state index in [2.05, 4.69) is 50.7 Å². The first kappa shape index (κ1) is 17.5. The minimum absolute atomic E-state index is 0.0242. The molecule has 1 amide bonds. The second-order valence-corrected chi connectivity index (χ2v) is 5.67. The first-order valence-corrected chi connectivity index (χ1v) is 7.87. The molecular weight excluding hydrogens is 332 g/mol. The molecule has 1 aromatic carbocycles. The molecule has 1 rings (SSSR count). The van der Waals surface area contributed by atoms with E-state index < -0.39 is 0 Å². The van der Waals surface area contributed by atoms with Gasteiger partial charge in [-0.25, -0.2) is 0 Å². The van der Waals surface area contributed by atoms with Crippen molar-refractivity contribution in [1.29, 1.82) is 0 Å². The molecule has 0 radical (unpaired) electrons. The number of aliphatic imine (C=N–C) groups is 1. The fraction of sp³-hybridized carbons (Fsp3) is 0.467. The third-order valence-electron chi connectivity index (χ3n) is 2.99. The lowest BCUT2D eigenvalue weighted by molar-refractivity contribution is -0.116. The van der Waals surface area contributed by atoms with Gasteiger partial charge in [-0.1, -0.05) is 22.9 Å². The summed E-state index contributed by atoms with van der Waals surface area (Å²) in [6.45, 7) is 4.74. The Bertz CT molecular complexity index is 473. The summed E-state index contributed by atoms with van der Waals surface area (Å²) in [5, 5.41) is 9.23. The molecule has 0 saturated heterocycles. The van der Waals surface area contributed by atoms with Gasteiger partial charge in [-0.05, 0) is 37.6 Å². The van der Waals surface area contributed by atoms with Gasteiger partial charge in [0.1, 0.15) is 0 Å². The molecule has 21 heavy (non-hydrogen) atoms. The SMILES string of the molecule is CCC(C)NC(=NC)NCCC(=O)Nc1ccc(Br)cc1. The maximum atomic E-state index is 11.8. The molecular formula is C15H23BrN4O. The Kier molecular flexibility index (Phi) is 7.82. The Morgan fingerprint density at radius 2 is 2.00 bits per heavy atom. The molecule has 0 aliphatic rings. The number of nitrogens with one attached hydrogen (secondary N) is 3. The molecule has 6 heteroatoms. The summed E-state index contributed by atoms with van der Waals surface area (Å²) in [5.41, 5.74) is 0.797. The first-order valence-electron chi connectivity index (χ1n) is 7.07. The van der Waals surface area contributed by atoms with Gasteiger partial charge in [0.2, 0.25) is 5.91 Å². The zero-order valence-corrected chi connectivity index (χ0v) is 14.3. The van der Waals surface area contributed by atoms with Crippen molar-refractivity contribution in [2.45, 2.75) is 32.7 Å². The van der Waals surface area contributed by atoms with Gasteiger partial charge >= 0.3 is 0 Å². The zero-order chi connectivity index (χ0) is 15.7. The number of carbonyl (C=O) groups excluding carboxylic acids is 1. The number of nitrogens with zero attached hydrogens (tertiary/aromatic N) is 1. The Morgan fingerprint density at radius 3 is 2.57 bits per heavy atom. The number of amides is 1. The number of hydrogen-bond acceptors (Lipinski definition) is 2. The van der Waals surface area contributed by atoms with Crippen molar-refractivity contribution in [2.75, 3.05) is 18.9 Å². The number of benzene rings is 1. The molecule has 116 valence electrons. The molecule has 3 N–H and O–H groups in total. The molecule has 0 aliphatic carbocycles. The summed E-state index contributed by atoms with van der Waals surface area (Å²) in [6, 6.07) is 7.86. The van der Waals surface area contributed by atoms with E-state index in [1.54, 1.807) is 7.05 Å². The van der Waals surface area contributed by atoms with Crippen LogP contribution in [0.3, 0.4) is 0 Å². The highest BCUT2D eigenvalue weighted by Crippen LogP contribution is 2.14. The maximum Gasteiger partial charge on any atom is 0.226 e. The Balaban J connectivity index is 2.31. The van der Waals surface area contributed by atoms with Crippen LogP contribution in [-0.2, 0) is 4.79 Å². The summed E-state index contributed by atoms with van der Waals surface area (Å²) < 4.78 is 0.988. The van der Waals surface area contributed by atoms with Crippen LogP contribution in [0.4, 0.5) is 5.69 Å². The predicted molar refractivity (Wildman–Crippen MR) is 91.6 cm³/mol. The maximum absolute atomic E-state index is 11.8. The number of anilines is 1. The lowest BCUT2D eigenvalue weighted by atomic mass is 10.3. The number of guanidine groups is 1. The van der Waals surface area contributed by atoms with Crippen LogP contribution in [-0.4, -0.2) is 31.5 Å². The van der Waals surface area contributed by atoms with Crippen LogP contribution in [0.1, 0.15) is 26.7 Å². The summed E-state index contributed by atoms with van der Waals surface area (Å²) in [6.07, 6.45) is 1.40. The van der Waals surface area contributed by atoms with Gasteiger partial charge in [-0.15, -0.1) is 0 Å². The van der Waals surface area contributed by atoms with Gasteiger partial charge in [0.25, 0.3) is 0 Å². The molecule has 0 fully saturated rings. The van der Waals surface area contributed by atoms with Crippen LogP contribution in [0.15, 0.2) is 33.7 Å². The van der Waals surface area contributed by atoms with E-state index in [9.17, 15) is 4.79 Å². The van der Waals surface area contributed by atoms with Crippen LogP contribution in [0.5, 0.6) is 0 Å². The topological polar surface area (TPSA) is 65.5 Å². The van der Waals surface area contributed by atoms with Crippen molar-refractivity contribution in [2.24, 2.45) is 4.99 Å². The predicted octanol–water partition coefficient (Wildman–Crippen LogP) is 2.74. The first-order chi connectivity index (χ1) is 10.0. The molecule has 1 aromatic rings. The molecule has 1 atom stereocenters. The smallest absolute Gasteiger partial charge is 0.226 e.